The highest BCUT2D eigenvalue weighted by atomic mass is 16.3. The highest BCUT2D eigenvalue weighted by Gasteiger charge is 2.19. The number of hydrogen-bond donors (Lipinski definition) is 0. The third-order valence-electron chi connectivity index (χ3n) is 13.4. The van der Waals surface area contributed by atoms with Gasteiger partial charge in [-0.05, 0) is 129 Å². The molecule has 11 aromatic carbocycles. The van der Waals surface area contributed by atoms with Gasteiger partial charge in [0.15, 0.2) is 0 Å². The van der Waals surface area contributed by atoms with E-state index >= 15 is 0 Å². The smallest absolute Gasteiger partial charge is 0.136 e. The summed E-state index contributed by atoms with van der Waals surface area (Å²) in [5.41, 5.74) is 17.8. The maximum atomic E-state index is 6.30. The molecule has 0 atom stereocenters. The van der Waals surface area contributed by atoms with Crippen LogP contribution in [0.3, 0.4) is 0 Å². The molecule has 13 aromatic rings. The van der Waals surface area contributed by atoms with Crippen LogP contribution < -0.4 is 4.90 Å². The fraction of sp³-hybridized carbons (Fsp3) is 0. The van der Waals surface area contributed by atoms with Crippen molar-refractivity contribution in [2.24, 2.45) is 0 Å². The van der Waals surface area contributed by atoms with Gasteiger partial charge in [-0.1, -0.05) is 176 Å². The molecule has 0 spiro atoms. The van der Waals surface area contributed by atoms with Crippen molar-refractivity contribution < 1.29 is 4.42 Å². The molecule has 0 fully saturated rings. The monoisotopic (exact) mass is 854 g/mol. The number of rotatable bonds is 8. The van der Waals surface area contributed by atoms with Gasteiger partial charge in [-0.2, -0.15) is 0 Å². The Labute approximate surface area is 388 Å². The lowest BCUT2D eigenvalue weighted by molar-refractivity contribution is 0.669. The van der Waals surface area contributed by atoms with Crippen LogP contribution in [-0.4, -0.2) is 4.57 Å². The van der Waals surface area contributed by atoms with Gasteiger partial charge in [0.25, 0.3) is 0 Å². The molecule has 0 N–H and O–H groups in total. The number of hydrogen-bond acceptors (Lipinski definition) is 2. The van der Waals surface area contributed by atoms with E-state index in [9.17, 15) is 0 Å². The lowest BCUT2D eigenvalue weighted by atomic mass is 9.97. The highest BCUT2D eigenvalue weighted by molar-refractivity contribution is 6.19. The van der Waals surface area contributed by atoms with Gasteiger partial charge in [-0.15, -0.1) is 0 Å². The van der Waals surface area contributed by atoms with Gasteiger partial charge in [-0.25, -0.2) is 0 Å². The van der Waals surface area contributed by atoms with Crippen molar-refractivity contribution in [3.8, 4) is 50.2 Å². The topological polar surface area (TPSA) is 21.3 Å². The molecular formula is C64H42N2O. The first-order chi connectivity index (χ1) is 33.2. The normalized spacial score (nSPS) is 11.6. The number of para-hydroxylation sites is 2. The first-order valence-electron chi connectivity index (χ1n) is 22.9. The summed E-state index contributed by atoms with van der Waals surface area (Å²) in [7, 11) is 0. The lowest BCUT2D eigenvalue weighted by Crippen LogP contribution is -2.10. The number of anilines is 3. The molecule has 0 aliphatic carbocycles. The molecular weight excluding hydrogens is 813 g/mol. The molecule has 3 heteroatoms. The molecule has 0 saturated heterocycles. The van der Waals surface area contributed by atoms with E-state index in [-0.39, 0.29) is 0 Å². The van der Waals surface area contributed by atoms with Crippen LogP contribution in [-0.2, 0) is 0 Å². The number of aromatic nitrogens is 1. The Morgan fingerprint density at radius 3 is 1.43 bits per heavy atom. The average Bonchev–Trinajstić information content (AvgIpc) is 3.95. The molecule has 0 bridgehead atoms. The second-order valence-corrected chi connectivity index (χ2v) is 17.3. The third kappa shape index (κ3) is 6.76. The van der Waals surface area contributed by atoms with Crippen molar-refractivity contribution in [2.75, 3.05) is 4.90 Å². The van der Waals surface area contributed by atoms with Crippen molar-refractivity contribution in [3.63, 3.8) is 0 Å². The second kappa shape index (κ2) is 16.0. The van der Waals surface area contributed by atoms with Gasteiger partial charge in [0.2, 0.25) is 0 Å². The summed E-state index contributed by atoms with van der Waals surface area (Å²) >= 11 is 0. The minimum Gasteiger partial charge on any atom is -0.456 e. The first kappa shape index (κ1) is 38.5. The summed E-state index contributed by atoms with van der Waals surface area (Å²) in [6.07, 6.45) is 0. The van der Waals surface area contributed by atoms with Crippen molar-refractivity contribution in [2.45, 2.75) is 0 Å². The van der Waals surface area contributed by atoms with Crippen LogP contribution in [0.5, 0.6) is 0 Å². The number of furan rings is 1. The van der Waals surface area contributed by atoms with E-state index in [0.717, 1.165) is 78.1 Å². The maximum absolute atomic E-state index is 6.30. The Balaban J connectivity index is 0.945. The number of fused-ring (bicyclic) bond motifs is 8. The van der Waals surface area contributed by atoms with E-state index < -0.39 is 0 Å². The summed E-state index contributed by atoms with van der Waals surface area (Å²) in [5, 5.41) is 7.24. The molecule has 3 nitrogen and oxygen atoms in total. The van der Waals surface area contributed by atoms with Crippen molar-refractivity contribution in [1.29, 1.82) is 0 Å². The Hall–Kier alpha value is -8.92. The highest BCUT2D eigenvalue weighted by Crippen LogP contribution is 2.43. The summed E-state index contributed by atoms with van der Waals surface area (Å²) < 4.78 is 8.74. The van der Waals surface area contributed by atoms with Crippen LogP contribution in [0.2, 0.25) is 0 Å². The van der Waals surface area contributed by atoms with Crippen LogP contribution in [0.1, 0.15) is 0 Å². The summed E-state index contributed by atoms with van der Waals surface area (Å²) in [6, 6.07) is 92.0. The first-order valence-corrected chi connectivity index (χ1v) is 22.9. The molecule has 2 aromatic heterocycles. The van der Waals surface area contributed by atoms with Gasteiger partial charge in [0.05, 0.1) is 11.0 Å². The molecule has 13 rings (SSSR count). The minimum atomic E-state index is 0.893. The van der Waals surface area contributed by atoms with Gasteiger partial charge >= 0.3 is 0 Å². The molecule has 314 valence electrons. The lowest BCUT2D eigenvalue weighted by Gasteiger charge is -2.27. The molecule has 0 radical (unpaired) electrons. The zero-order chi connectivity index (χ0) is 44.3. The van der Waals surface area contributed by atoms with Crippen LogP contribution in [0.15, 0.2) is 259 Å². The number of benzene rings is 11. The van der Waals surface area contributed by atoms with E-state index in [1.165, 1.54) is 43.7 Å². The zero-order valence-corrected chi connectivity index (χ0v) is 36.6. The van der Waals surface area contributed by atoms with Crippen molar-refractivity contribution in [1.82, 2.24) is 4.57 Å². The maximum Gasteiger partial charge on any atom is 0.136 e. The summed E-state index contributed by atoms with van der Waals surface area (Å²) in [4.78, 5) is 2.39. The van der Waals surface area contributed by atoms with Gasteiger partial charge in [0.1, 0.15) is 11.2 Å². The summed E-state index contributed by atoms with van der Waals surface area (Å²) in [6.45, 7) is 0. The van der Waals surface area contributed by atoms with E-state index in [4.69, 9.17) is 4.42 Å². The molecule has 0 saturated carbocycles. The standard InChI is InChI=1S/C64H42N2O/c1-4-14-43(15-5-1)50-38-51(44-16-6-2-7-17-44)40-55(39-50)65(54-33-26-46(27-34-54)49-30-36-59-58-22-12-13-23-62(58)67-63(59)42-49)53-31-24-45(25-32-53)48-29-35-57-60-37-28-47-18-10-11-21-56(47)64(60)66(61(57)41-48)52-19-8-3-9-20-52/h1-42H. The van der Waals surface area contributed by atoms with Crippen molar-refractivity contribution >= 4 is 71.6 Å². The Kier molecular flexibility index (Phi) is 9.17. The molecule has 0 amide bonds. The van der Waals surface area contributed by atoms with Crippen LogP contribution in [0, 0.1) is 0 Å². The predicted molar refractivity (Wildman–Crippen MR) is 282 cm³/mol. The fourth-order valence-electron chi connectivity index (χ4n) is 10.1. The fourth-order valence-corrected chi connectivity index (χ4v) is 10.1. The minimum absolute atomic E-state index is 0.893. The van der Waals surface area contributed by atoms with Gasteiger partial charge in [-0.3, -0.25) is 0 Å². The molecule has 67 heavy (non-hydrogen) atoms. The SMILES string of the molecule is c1ccc(-c2cc(-c3ccccc3)cc(N(c3ccc(-c4ccc5c(c4)oc4ccccc45)cc3)c3ccc(-c4ccc5c6ccc7ccccc7c6n(-c6ccccc6)c5c4)cc3)c2)cc1. The van der Waals surface area contributed by atoms with E-state index in [2.05, 4.69) is 252 Å². The molecule has 0 aliphatic heterocycles. The van der Waals surface area contributed by atoms with Crippen molar-refractivity contribution in [3.05, 3.63) is 255 Å². The molecule has 2 heterocycles. The molecule has 0 unspecified atom stereocenters. The largest absolute Gasteiger partial charge is 0.456 e. The number of nitrogens with zero attached hydrogens (tertiary/aromatic N) is 2. The van der Waals surface area contributed by atoms with E-state index in [1.807, 2.05) is 12.1 Å². The quantitative estimate of drug-likeness (QED) is 0.152. The van der Waals surface area contributed by atoms with Crippen LogP contribution >= 0.6 is 0 Å². The Morgan fingerprint density at radius 1 is 0.284 bits per heavy atom. The third-order valence-corrected chi connectivity index (χ3v) is 13.4. The predicted octanol–water partition coefficient (Wildman–Crippen LogP) is 18.0. The van der Waals surface area contributed by atoms with Gasteiger partial charge < -0.3 is 13.9 Å². The summed E-state index contributed by atoms with van der Waals surface area (Å²) in [5.74, 6) is 0. The van der Waals surface area contributed by atoms with Crippen LogP contribution in [0.4, 0.5) is 17.1 Å². The van der Waals surface area contributed by atoms with E-state index in [1.54, 1.807) is 0 Å². The van der Waals surface area contributed by atoms with Crippen LogP contribution in [0.25, 0.3) is 105 Å². The van der Waals surface area contributed by atoms with Gasteiger partial charge in [0, 0.05) is 49.7 Å². The second-order valence-electron chi connectivity index (χ2n) is 17.3. The zero-order valence-electron chi connectivity index (χ0n) is 36.6. The van der Waals surface area contributed by atoms with E-state index in [0.29, 0.717) is 0 Å². The Morgan fingerprint density at radius 2 is 0.776 bits per heavy atom. The average molecular weight is 855 g/mol. The molecule has 0 aliphatic rings. The Bertz CT molecular complexity index is 3890.